The van der Waals surface area contributed by atoms with Gasteiger partial charge in [0.2, 0.25) is 0 Å². The molecule has 3 rings (SSSR count). The lowest BCUT2D eigenvalue weighted by Crippen LogP contribution is -2.39. The van der Waals surface area contributed by atoms with Crippen LogP contribution in [0.3, 0.4) is 0 Å². The Morgan fingerprint density at radius 3 is 2.59 bits per heavy atom. The number of carbonyl (C=O) groups is 1. The van der Waals surface area contributed by atoms with Crippen LogP contribution in [0.2, 0.25) is 0 Å². The summed E-state index contributed by atoms with van der Waals surface area (Å²) in [5.74, 6) is -1.63. The van der Waals surface area contributed by atoms with Crippen molar-refractivity contribution >= 4 is 16.9 Å². The Morgan fingerprint density at radius 2 is 1.93 bits per heavy atom. The molecule has 152 valence electrons. The molecule has 0 aliphatic heterocycles. The fraction of sp³-hybridized carbons (Fsp3) is 0.318. The largest absolute Gasteiger partial charge is 0.461 e. The van der Waals surface area contributed by atoms with E-state index >= 15 is 0 Å². The Morgan fingerprint density at radius 1 is 1.17 bits per heavy atom. The summed E-state index contributed by atoms with van der Waals surface area (Å²) in [5, 5.41) is 12.7. The van der Waals surface area contributed by atoms with Crippen LogP contribution in [-0.2, 0) is 20.7 Å². The van der Waals surface area contributed by atoms with E-state index in [4.69, 9.17) is 9.47 Å². The Bertz CT molecular complexity index is 983. The van der Waals surface area contributed by atoms with Gasteiger partial charge in [-0.3, -0.25) is 10.1 Å². The molecule has 0 fully saturated rings. The third-order valence-electron chi connectivity index (χ3n) is 4.94. The van der Waals surface area contributed by atoms with Gasteiger partial charge in [-0.05, 0) is 36.1 Å². The van der Waals surface area contributed by atoms with Crippen LogP contribution in [0, 0.1) is 10.1 Å². The Hall–Kier alpha value is -3.19. The van der Waals surface area contributed by atoms with Gasteiger partial charge in [-0.2, -0.15) is 0 Å². The number of nitrogens with one attached hydrogen (secondary N) is 1. The van der Waals surface area contributed by atoms with E-state index in [1.807, 2.05) is 48.5 Å². The van der Waals surface area contributed by atoms with Crippen LogP contribution in [0.15, 0.2) is 54.7 Å². The van der Waals surface area contributed by atoms with Gasteiger partial charge in [0.1, 0.15) is 0 Å². The second-order valence-corrected chi connectivity index (χ2v) is 6.79. The molecule has 1 heterocycles. The van der Waals surface area contributed by atoms with E-state index in [1.54, 1.807) is 13.1 Å². The molecule has 0 bridgehead atoms. The third-order valence-corrected chi connectivity index (χ3v) is 4.94. The molecular formula is C22H24N2O5. The molecule has 7 nitrogen and oxygen atoms in total. The van der Waals surface area contributed by atoms with Gasteiger partial charge >= 0.3 is 12.0 Å². The van der Waals surface area contributed by atoms with Crippen molar-refractivity contribution in [3.05, 3.63) is 81.5 Å². The fourth-order valence-electron chi connectivity index (χ4n) is 3.70. The zero-order valence-electron chi connectivity index (χ0n) is 16.5. The summed E-state index contributed by atoms with van der Waals surface area (Å²) in [6.07, 6.45) is 2.41. The molecule has 29 heavy (non-hydrogen) atoms. The molecule has 0 aliphatic rings. The smallest absolute Gasteiger partial charge is 0.382 e. The minimum Gasteiger partial charge on any atom is -0.461 e. The highest BCUT2D eigenvalue weighted by Crippen LogP contribution is 2.33. The molecule has 0 amide bonds. The first-order valence-electron chi connectivity index (χ1n) is 9.48. The van der Waals surface area contributed by atoms with Crippen molar-refractivity contribution in [1.82, 2.24) is 4.98 Å². The number of esters is 1. The maximum Gasteiger partial charge on any atom is 0.382 e. The summed E-state index contributed by atoms with van der Waals surface area (Å²) < 4.78 is 10.3. The van der Waals surface area contributed by atoms with Crippen LogP contribution in [0.5, 0.6) is 0 Å². The number of ether oxygens (including phenoxy) is 2. The highest BCUT2D eigenvalue weighted by atomic mass is 16.6. The van der Waals surface area contributed by atoms with Crippen molar-refractivity contribution in [3.63, 3.8) is 0 Å². The second kappa shape index (κ2) is 9.34. The van der Waals surface area contributed by atoms with Crippen molar-refractivity contribution < 1.29 is 19.2 Å². The number of nitrogens with zero attached hydrogens (tertiary/aromatic N) is 1. The highest BCUT2D eigenvalue weighted by molar-refractivity contribution is 5.88. The average molecular weight is 396 g/mol. The van der Waals surface area contributed by atoms with Gasteiger partial charge < -0.3 is 14.5 Å². The maximum absolute atomic E-state index is 12.4. The van der Waals surface area contributed by atoms with E-state index in [-0.39, 0.29) is 13.2 Å². The maximum atomic E-state index is 12.4. The van der Waals surface area contributed by atoms with Gasteiger partial charge in [0.25, 0.3) is 0 Å². The van der Waals surface area contributed by atoms with Gasteiger partial charge in [0.15, 0.2) is 0 Å². The summed E-state index contributed by atoms with van der Waals surface area (Å²) in [5.41, 5.74) is 3.70. The van der Waals surface area contributed by atoms with E-state index in [9.17, 15) is 14.9 Å². The molecule has 2 aromatic carbocycles. The van der Waals surface area contributed by atoms with E-state index in [1.165, 1.54) is 7.11 Å². The van der Waals surface area contributed by atoms with Crippen molar-refractivity contribution in [1.29, 1.82) is 0 Å². The van der Waals surface area contributed by atoms with Crippen LogP contribution in [0.4, 0.5) is 0 Å². The zero-order valence-corrected chi connectivity index (χ0v) is 16.5. The lowest BCUT2D eigenvalue weighted by Gasteiger charge is -2.19. The predicted octanol–water partition coefficient (Wildman–Crippen LogP) is 3.70. The first-order chi connectivity index (χ1) is 14.1. The number of methoxy groups -OCH3 is 1. The SMILES string of the molecule is CCOC(=O)C(C(COC)c1c[nH]c2cccc(Cc3ccccc3)c12)[N+](=O)[O-]. The van der Waals surface area contributed by atoms with Crippen molar-refractivity contribution in [2.75, 3.05) is 20.3 Å². The second-order valence-electron chi connectivity index (χ2n) is 6.79. The number of hydrogen-bond acceptors (Lipinski definition) is 5. The summed E-state index contributed by atoms with van der Waals surface area (Å²) >= 11 is 0. The lowest BCUT2D eigenvalue weighted by atomic mass is 9.89. The minimum atomic E-state index is -1.54. The summed E-state index contributed by atoms with van der Waals surface area (Å²) in [4.78, 5) is 26.8. The van der Waals surface area contributed by atoms with E-state index in [2.05, 4.69) is 4.98 Å². The molecule has 1 aromatic heterocycles. The molecule has 0 spiro atoms. The van der Waals surface area contributed by atoms with Crippen LogP contribution >= 0.6 is 0 Å². The van der Waals surface area contributed by atoms with E-state index in [0.29, 0.717) is 12.0 Å². The number of carbonyl (C=O) groups excluding carboxylic acids is 1. The number of nitro groups is 1. The molecule has 7 heteroatoms. The molecule has 0 saturated carbocycles. The molecule has 3 aromatic rings. The summed E-state index contributed by atoms with van der Waals surface area (Å²) in [6.45, 7) is 1.73. The van der Waals surface area contributed by atoms with Gasteiger partial charge in [0, 0.05) is 29.1 Å². The number of rotatable bonds is 9. The number of benzene rings is 2. The normalized spacial score (nSPS) is 13.2. The standard InChI is InChI=1S/C22H24N2O5/c1-3-29-22(25)21(24(26)27)18(14-28-2)17-13-23-19-11-7-10-16(20(17)19)12-15-8-5-4-6-9-15/h4-11,13,18,21,23H,3,12,14H2,1-2H3. The predicted molar refractivity (Wildman–Crippen MR) is 110 cm³/mol. The quantitative estimate of drug-likeness (QED) is 0.338. The van der Waals surface area contributed by atoms with Gasteiger partial charge in [-0.1, -0.05) is 42.5 Å². The number of fused-ring (bicyclic) bond motifs is 1. The summed E-state index contributed by atoms with van der Waals surface area (Å²) in [6, 6.07) is 14.3. The molecular weight excluding hydrogens is 372 g/mol. The van der Waals surface area contributed by atoms with Crippen molar-refractivity contribution in [3.8, 4) is 0 Å². The number of aromatic amines is 1. The molecule has 2 unspecified atom stereocenters. The summed E-state index contributed by atoms with van der Waals surface area (Å²) in [7, 11) is 1.47. The van der Waals surface area contributed by atoms with Gasteiger partial charge in [-0.15, -0.1) is 0 Å². The Kier molecular flexibility index (Phi) is 6.61. The third kappa shape index (κ3) is 4.46. The number of hydrogen-bond donors (Lipinski definition) is 1. The molecule has 2 atom stereocenters. The first kappa shape index (κ1) is 20.5. The van der Waals surface area contributed by atoms with E-state index < -0.39 is 22.9 Å². The van der Waals surface area contributed by atoms with Crippen LogP contribution < -0.4 is 0 Å². The van der Waals surface area contributed by atoms with Crippen LogP contribution in [-0.4, -0.2) is 42.2 Å². The van der Waals surface area contributed by atoms with Crippen molar-refractivity contribution in [2.24, 2.45) is 0 Å². The van der Waals surface area contributed by atoms with E-state index in [0.717, 1.165) is 22.0 Å². The molecule has 0 saturated heterocycles. The van der Waals surface area contributed by atoms with Gasteiger partial charge in [-0.25, -0.2) is 4.79 Å². The molecule has 0 aliphatic carbocycles. The highest BCUT2D eigenvalue weighted by Gasteiger charge is 2.42. The average Bonchev–Trinajstić information content (AvgIpc) is 3.13. The number of aromatic nitrogens is 1. The minimum absolute atomic E-state index is 0.0249. The lowest BCUT2D eigenvalue weighted by molar-refractivity contribution is -0.515. The monoisotopic (exact) mass is 396 g/mol. The molecule has 1 N–H and O–H groups in total. The first-order valence-corrected chi connectivity index (χ1v) is 9.48. The fourth-order valence-corrected chi connectivity index (χ4v) is 3.70. The molecule has 0 radical (unpaired) electrons. The zero-order chi connectivity index (χ0) is 20.8. The van der Waals surface area contributed by atoms with Crippen molar-refractivity contribution in [2.45, 2.75) is 25.3 Å². The Labute approximate surface area is 168 Å². The van der Waals surface area contributed by atoms with Crippen LogP contribution in [0.1, 0.15) is 29.5 Å². The van der Waals surface area contributed by atoms with Gasteiger partial charge in [0.05, 0.1) is 19.1 Å². The Balaban J connectivity index is 2.10. The number of H-pyrrole nitrogens is 1. The van der Waals surface area contributed by atoms with Crippen LogP contribution in [0.25, 0.3) is 10.9 Å². The topological polar surface area (TPSA) is 94.5 Å².